The Bertz CT molecular complexity index is 595. The van der Waals surface area contributed by atoms with Crippen molar-refractivity contribution in [3.8, 4) is 0 Å². The summed E-state index contributed by atoms with van der Waals surface area (Å²) in [7, 11) is 0. The number of H-pyrrole nitrogens is 1. The lowest BCUT2D eigenvalue weighted by Crippen LogP contribution is -2.13. The van der Waals surface area contributed by atoms with Crippen LogP contribution < -0.4 is 11.1 Å². The van der Waals surface area contributed by atoms with E-state index < -0.39 is 5.69 Å². The SMILES string of the molecule is O=c1nc(N/N=C/c2cccc(Br)c2)cn[nH]1. The Morgan fingerprint density at radius 1 is 1.47 bits per heavy atom. The molecule has 2 aromatic rings. The molecule has 0 bridgehead atoms. The van der Waals surface area contributed by atoms with Crippen LogP contribution in [0.15, 0.2) is 44.8 Å². The fourth-order valence-corrected chi connectivity index (χ4v) is 1.54. The van der Waals surface area contributed by atoms with E-state index >= 15 is 0 Å². The Hall–Kier alpha value is -2.02. The van der Waals surface area contributed by atoms with Gasteiger partial charge in [0.2, 0.25) is 0 Å². The lowest BCUT2D eigenvalue weighted by Gasteiger charge is -1.96. The van der Waals surface area contributed by atoms with Crippen LogP contribution in [-0.4, -0.2) is 21.4 Å². The van der Waals surface area contributed by atoms with Crippen molar-refractivity contribution in [2.45, 2.75) is 0 Å². The highest BCUT2D eigenvalue weighted by Gasteiger charge is 1.92. The van der Waals surface area contributed by atoms with Crippen LogP contribution in [0.5, 0.6) is 0 Å². The van der Waals surface area contributed by atoms with Gasteiger partial charge in [-0.2, -0.15) is 15.2 Å². The predicted octanol–water partition coefficient (Wildman–Crippen LogP) is 1.37. The van der Waals surface area contributed by atoms with E-state index in [2.05, 4.69) is 41.6 Å². The molecule has 0 aliphatic carbocycles. The second kappa shape index (κ2) is 5.35. The monoisotopic (exact) mass is 293 g/mol. The number of rotatable bonds is 3. The van der Waals surface area contributed by atoms with Crippen LogP contribution in [0.3, 0.4) is 0 Å². The summed E-state index contributed by atoms with van der Waals surface area (Å²) in [4.78, 5) is 14.5. The second-order valence-corrected chi connectivity index (χ2v) is 4.01. The summed E-state index contributed by atoms with van der Waals surface area (Å²) in [5.74, 6) is 0.292. The maximum Gasteiger partial charge on any atom is 0.363 e. The maximum absolute atomic E-state index is 10.8. The van der Waals surface area contributed by atoms with Gasteiger partial charge in [-0.05, 0) is 17.7 Å². The number of halogens is 1. The number of aromatic nitrogens is 3. The third-order valence-electron chi connectivity index (χ3n) is 1.81. The number of nitrogens with zero attached hydrogens (tertiary/aromatic N) is 3. The molecule has 1 heterocycles. The molecule has 0 atom stereocenters. The van der Waals surface area contributed by atoms with Crippen molar-refractivity contribution in [1.29, 1.82) is 0 Å². The van der Waals surface area contributed by atoms with Gasteiger partial charge >= 0.3 is 5.69 Å². The Morgan fingerprint density at radius 3 is 3.12 bits per heavy atom. The van der Waals surface area contributed by atoms with E-state index in [4.69, 9.17) is 0 Å². The average Bonchev–Trinajstić information content (AvgIpc) is 2.29. The van der Waals surface area contributed by atoms with Crippen molar-refractivity contribution in [1.82, 2.24) is 15.2 Å². The number of hydrogen-bond donors (Lipinski definition) is 2. The van der Waals surface area contributed by atoms with E-state index in [1.54, 1.807) is 6.21 Å². The van der Waals surface area contributed by atoms with Crippen LogP contribution in [0.25, 0.3) is 0 Å². The summed E-state index contributed by atoms with van der Waals surface area (Å²) >= 11 is 3.36. The van der Waals surface area contributed by atoms with Gasteiger partial charge in [0, 0.05) is 4.47 Å². The van der Waals surface area contributed by atoms with Gasteiger partial charge in [0.25, 0.3) is 0 Å². The number of aromatic amines is 1. The third-order valence-corrected chi connectivity index (χ3v) is 2.30. The first-order valence-corrected chi connectivity index (χ1v) is 5.50. The second-order valence-electron chi connectivity index (χ2n) is 3.10. The first-order valence-electron chi connectivity index (χ1n) is 4.70. The predicted molar refractivity (Wildman–Crippen MR) is 68.0 cm³/mol. The van der Waals surface area contributed by atoms with Gasteiger partial charge in [0.1, 0.15) is 0 Å². The van der Waals surface area contributed by atoms with Gasteiger partial charge in [0.05, 0.1) is 12.4 Å². The van der Waals surface area contributed by atoms with Gasteiger partial charge in [-0.15, -0.1) is 0 Å². The van der Waals surface area contributed by atoms with Crippen LogP contribution in [0.1, 0.15) is 5.56 Å². The van der Waals surface area contributed by atoms with Crippen molar-refractivity contribution in [2.75, 3.05) is 5.43 Å². The topological polar surface area (TPSA) is 83.0 Å². The highest BCUT2D eigenvalue weighted by Crippen LogP contribution is 2.09. The van der Waals surface area contributed by atoms with Crippen molar-refractivity contribution < 1.29 is 0 Å². The lowest BCUT2D eigenvalue weighted by atomic mass is 10.2. The fraction of sp³-hybridized carbons (Fsp3) is 0. The zero-order valence-electron chi connectivity index (χ0n) is 8.59. The first-order chi connectivity index (χ1) is 8.24. The highest BCUT2D eigenvalue weighted by atomic mass is 79.9. The van der Waals surface area contributed by atoms with Crippen LogP contribution >= 0.6 is 15.9 Å². The quantitative estimate of drug-likeness (QED) is 0.661. The summed E-state index contributed by atoms with van der Waals surface area (Å²) in [6.07, 6.45) is 2.99. The minimum Gasteiger partial charge on any atom is -0.260 e. The van der Waals surface area contributed by atoms with E-state index in [-0.39, 0.29) is 0 Å². The highest BCUT2D eigenvalue weighted by molar-refractivity contribution is 9.10. The molecule has 1 aromatic carbocycles. The number of hydrazone groups is 1. The molecule has 0 spiro atoms. The van der Waals surface area contributed by atoms with E-state index in [1.807, 2.05) is 24.3 Å². The van der Waals surface area contributed by atoms with Gasteiger partial charge in [-0.3, -0.25) is 5.43 Å². The Balaban J connectivity index is 2.05. The van der Waals surface area contributed by atoms with Crippen LogP contribution in [0.4, 0.5) is 5.82 Å². The number of anilines is 1. The normalized spacial score (nSPS) is 10.6. The zero-order chi connectivity index (χ0) is 12.1. The minimum absolute atomic E-state index is 0.292. The zero-order valence-corrected chi connectivity index (χ0v) is 10.2. The number of benzene rings is 1. The molecule has 2 N–H and O–H groups in total. The molecule has 1 aromatic heterocycles. The molecular weight excluding hydrogens is 286 g/mol. The first kappa shape index (κ1) is 11.5. The molecular formula is C10H8BrN5O. The molecule has 0 saturated heterocycles. The fourth-order valence-electron chi connectivity index (χ4n) is 1.13. The van der Waals surface area contributed by atoms with Crippen LogP contribution in [0, 0.1) is 0 Å². The van der Waals surface area contributed by atoms with E-state index in [9.17, 15) is 4.79 Å². The standard InChI is InChI=1S/C10H8BrN5O/c11-8-3-1-2-7(4-8)5-12-15-9-6-13-16-10(17)14-9/h1-6H,(H2,14,15,16,17)/b12-5+. The van der Waals surface area contributed by atoms with Crippen molar-refractivity contribution in [2.24, 2.45) is 5.10 Å². The third kappa shape index (κ3) is 3.49. The van der Waals surface area contributed by atoms with Crippen LogP contribution in [-0.2, 0) is 0 Å². The molecule has 0 unspecified atom stereocenters. The summed E-state index contributed by atoms with van der Waals surface area (Å²) in [6.45, 7) is 0. The van der Waals surface area contributed by atoms with Gasteiger partial charge in [-0.25, -0.2) is 9.89 Å². The maximum atomic E-state index is 10.8. The Labute approximate surface area is 105 Å². The van der Waals surface area contributed by atoms with Gasteiger partial charge in [-0.1, -0.05) is 28.1 Å². The summed E-state index contributed by atoms with van der Waals surface area (Å²) in [6, 6.07) is 7.64. The molecule has 6 nitrogen and oxygen atoms in total. The van der Waals surface area contributed by atoms with Gasteiger partial charge < -0.3 is 0 Å². The summed E-state index contributed by atoms with van der Waals surface area (Å²) < 4.78 is 0.970. The van der Waals surface area contributed by atoms with Crippen LogP contribution in [0.2, 0.25) is 0 Å². The molecule has 17 heavy (non-hydrogen) atoms. The lowest BCUT2D eigenvalue weighted by molar-refractivity contribution is 0.913. The Kier molecular flexibility index (Phi) is 3.61. The molecule has 0 aliphatic rings. The van der Waals surface area contributed by atoms with Crippen molar-refractivity contribution in [3.05, 3.63) is 51.0 Å². The molecule has 0 aliphatic heterocycles. The van der Waals surface area contributed by atoms with E-state index in [1.165, 1.54) is 6.20 Å². The minimum atomic E-state index is -0.521. The average molecular weight is 294 g/mol. The molecule has 86 valence electrons. The molecule has 2 rings (SSSR count). The molecule has 0 amide bonds. The molecule has 0 fully saturated rings. The molecule has 0 saturated carbocycles. The molecule has 7 heteroatoms. The van der Waals surface area contributed by atoms with Crippen molar-refractivity contribution >= 4 is 28.0 Å². The summed E-state index contributed by atoms with van der Waals surface area (Å²) in [5.41, 5.74) is 3.01. The molecule has 0 radical (unpaired) electrons. The largest absolute Gasteiger partial charge is 0.363 e. The smallest absolute Gasteiger partial charge is 0.260 e. The Morgan fingerprint density at radius 2 is 2.35 bits per heavy atom. The van der Waals surface area contributed by atoms with Gasteiger partial charge in [0.15, 0.2) is 5.82 Å². The van der Waals surface area contributed by atoms with Crippen molar-refractivity contribution in [3.63, 3.8) is 0 Å². The number of nitrogens with one attached hydrogen (secondary N) is 2. The number of hydrogen-bond acceptors (Lipinski definition) is 5. The van der Waals surface area contributed by atoms with E-state index in [0.717, 1.165) is 10.0 Å². The van der Waals surface area contributed by atoms with E-state index in [0.29, 0.717) is 5.82 Å². The summed E-state index contributed by atoms with van der Waals surface area (Å²) in [5, 5.41) is 9.70.